The van der Waals surface area contributed by atoms with E-state index in [9.17, 15) is 9.59 Å². The number of thiophene rings is 1. The fourth-order valence-electron chi connectivity index (χ4n) is 1.71. The van der Waals surface area contributed by atoms with Crippen molar-refractivity contribution in [2.24, 2.45) is 0 Å². The van der Waals surface area contributed by atoms with Crippen LogP contribution in [0.1, 0.15) is 22.6 Å². The van der Waals surface area contributed by atoms with Crippen molar-refractivity contribution in [2.75, 3.05) is 0 Å². The number of aliphatic carboxylic acids is 1. The Morgan fingerprint density at radius 3 is 3.00 bits per heavy atom. The van der Waals surface area contributed by atoms with Gasteiger partial charge in [-0.2, -0.15) is 0 Å². The van der Waals surface area contributed by atoms with Crippen LogP contribution in [0.3, 0.4) is 0 Å². The third kappa shape index (κ3) is 5.27. The lowest BCUT2D eigenvalue weighted by Crippen LogP contribution is -2.22. The maximum Gasteiger partial charge on any atom is 0.328 e. The smallest absolute Gasteiger partial charge is 0.328 e. The van der Waals surface area contributed by atoms with E-state index in [2.05, 4.69) is 5.32 Å². The Kier molecular flexibility index (Phi) is 5.34. The molecule has 2 aromatic heterocycles. The van der Waals surface area contributed by atoms with Gasteiger partial charge >= 0.3 is 5.97 Å². The second kappa shape index (κ2) is 7.44. The van der Waals surface area contributed by atoms with Gasteiger partial charge in [0.1, 0.15) is 5.76 Å². The third-order valence-electron chi connectivity index (χ3n) is 2.73. The number of nitrogens with one attached hydrogen (secondary N) is 1. The number of carboxylic acid groups (broad SMARTS) is 1. The average molecular weight is 305 g/mol. The lowest BCUT2D eigenvalue weighted by molar-refractivity contribution is -0.131. The minimum Gasteiger partial charge on any atom is -0.478 e. The van der Waals surface area contributed by atoms with E-state index in [0.717, 1.165) is 22.3 Å². The van der Waals surface area contributed by atoms with Crippen molar-refractivity contribution in [1.29, 1.82) is 0 Å². The second-order valence-corrected chi connectivity index (χ2v) is 5.37. The van der Waals surface area contributed by atoms with Gasteiger partial charge in [0.05, 0.1) is 12.8 Å². The largest absolute Gasteiger partial charge is 0.478 e. The van der Waals surface area contributed by atoms with Gasteiger partial charge in [-0.1, -0.05) is 0 Å². The summed E-state index contributed by atoms with van der Waals surface area (Å²) in [6.07, 6.45) is 5.17. The molecule has 5 nitrogen and oxygen atoms in total. The maximum atomic E-state index is 11.7. The van der Waals surface area contributed by atoms with Crippen LogP contribution in [0.15, 0.2) is 40.3 Å². The first-order valence-electron chi connectivity index (χ1n) is 6.41. The summed E-state index contributed by atoms with van der Waals surface area (Å²) >= 11 is 1.48. The molecule has 0 saturated carbocycles. The van der Waals surface area contributed by atoms with Crippen LogP contribution in [0.5, 0.6) is 0 Å². The summed E-state index contributed by atoms with van der Waals surface area (Å²) in [5, 5.41) is 13.2. The first-order chi connectivity index (χ1) is 10.1. The molecule has 110 valence electrons. The Labute approximate surface area is 125 Å². The molecule has 0 aliphatic carbocycles. The normalized spacial score (nSPS) is 10.9. The maximum absolute atomic E-state index is 11.7. The summed E-state index contributed by atoms with van der Waals surface area (Å²) in [5.74, 6) is -0.223. The molecule has 21 heavy (non-hydrogen) atoms. The average Bonchev–Trinajstić information content (AvgIpc) is 3.12. The lowest BCUT2D eigenvalue weighted by atomic mass is 10.2. The first-order valence-corrected chi connectivity index (χ1v) is 7.29. The zero-order chi connectivity index (χ0) is 15.1. The monoisotopic (exact) mass is 305 g/mol. The zero-order valence-corrected chi connectivity index (χ0v) is 12.1. The van der Waals surface area contributed by atoms with Crippen LogP contribution in [0, 0.1) is 0 Å². The molecule has 0 radical (unpaired) electrons. The number of amides is 1. The van der Waals surface area contributed by atoms with Gasteiger partial charge in [0, 0.05) is 23.8 Å². The molecule has 1 amide bonds. The van der Waals surface area contributed by atoms with Gasteiger partial charge in [0.15, 0.2) is 0 Å². The molecule has 6 heteroatoms. The predicted molar refractivity (Wildman–Crippen MR) is 79.9 cm³/mol. The Hall–Kier alpha value is -2.34. The van der Waals surface area contributed by atoms with E-state index in [1.807, 2.05) is 17.5 Å². The molecular weight excluding hydrogens is 290 g/mol. The SMILES string of the molecule is O=C(O)C=Cc1csc(CNC(=O)CCc2ccco2)c1. The van der Waals surface area contributed by atoms with E-state index in [1.54, 1.807) is 12.3 Å². The summed E-state index contributed by atoms with van der Waals surface area (Å²) in [5.41, 5.74) is 0.822. The van der Waals surface area contributed by atoms with Gasteiger partial charge in [0.25, 0.3) is 0 Å². The van der Waals surface area contributed by atoms with Crippen molar-refractivity contribution in [3.05, 3.63) is 52.1 Å². The third-order valence-corrected chi connectivity index (χ3v) is 3.69. The molecular formula is C15H15NO4S. The van der Waals surface area contributed by atoms with E-state index in [4.69, 9.17) is 9.52 Å². The highest BCUT2D eigenvalue weighted by atomic mass is 32.1. The highest BCUT2D eigenvalue weighted by Gasteiger charge is 2.05. The predicted octanol–water partition coefficient (Wildman–Crippen LogP) is 2.69. The first kappa shape index (κ1) is 15.1. The molecule has 0 aliphatic rings. The van der Waals surface area contributed by atoms with E-state index < -0.39 is 5.97 Å². The van der Waals surface area contributed by atoms with Crippen molar-refractivity contribution in [3.8, 4) is 0 Å². The van der Waals surface area contributed by atoms with Crippen molar-refractivity contribution in [1.82, 2.24) is 5.32 Å². The number of hydrogen-bond acceptors (Lipinski definition) is 4. The fraction of sp³-hybridized carbons (Fsp3) is 0.200. The van der Waals surface area contributed by atoms with Crippen LogP contribution in [0.25, 0.3) is 6.08 Å². The molecule has 0 aliphatic heterocycles. The molecule has 2 aromatic rings. The van der Waals surface area contributed by atoms with Crippen LogP contribution in [0.4, 0.5) is 0 Å². The molecule has 2 N–H and O–H groups in total. The Morgan fingerprint density at radius 2 is 2.29 bits per heavy atom. The highest BCUT2D eigenvalue weighted by molar-refractivity contribution is 7.10. The molecule has 2 heterocycles. The molecule has 0 saturated heterocycles. The topological polar surface area (TPSA) is 79.5 Å². The number of rotatable bonds is 7. The number of hydrogen-bond donors (Lipinski definition) is 2. The lowest BCUT2D eigenvalue weighted by Gasteiger charge is -2.02. The van der Waals surface area contributed by atoms with Crippen LogP contribution in [-0.2, 0) is 22.6 Å². The summed E-state index contributed by atoms with van der Waals surface area (Å²) in [6.45, 7) is 0.447. The van der Waals surface area contributed by atoms with Gasteiger partial charge in [0.2, 0.25) is 5.91 Å². The van der Waals surface area contributed by atoms with Gasteiger partial charge in [-0.25, -0.2) is 4.79 Å². The molecule has 0 spiro atoms. The Morgan fingerprint density at radius 1 is 1.43 bits per heavy atom. The van der Waals surface area contributed by atoms with Gasteiger partial charge in [-0.15, -0.1) is 11.3 Å². The summed E-state index contributed by atoms with van der Waals surface area (Å²) in [4.78, 5) is 23.1. The minimum atomic E-state index is -0.978. The number of aryl methyl sites for hydroxylation is 1. The standard InChI is InChI=1S/C15H15NO4S/c17-14(5-4-12-2-1-7-20-12)16-9-13-8-11(10-21-13)3-6-15(18)19/h1-3,6-8,10H,4-5,9H2,(H,16,17)(H,18,19). The second-order valence-electron chi connectivity index (χ2n) is 4.37. The fourth-order valence-corrected chi connectivity index (χ4v) is 2.50. The summed E-state index contributed by atoms with van der Waals surface area (Å²) in [7, 11) is 0. The minimum absolute atomic E-state index is 0.0394. The number of carbonyl (C=O) groups excluding carboxylic acids is 1. The number of furan rings is 1. The van der Waals surface area contributed by atoms with Crippen LogP contribution in [0.2, 0.25) is 0 Å². The zero-order valence-electron chi connectivity index (χ0n) is 11.2. The molecule has 0 aromatic carbocycles. The van der Waals surface area contributed by atoms with E-state index in [1.165, 1.54) is 17.4 Å². The van der Waals surface area contributed by atoms with Crippen molar-refractivity contribution in [2.45, 2.75) is 19.4 Å². The van der Waals surface area contributed by atoms with Crippen LogP contribution < -0.4 is 5.32 Å². The highest BCUT2D eigenvalue weighted by Crippen LogP contribution is 2.16. The Bertz CT molecular complexity index is 628. The molecule has 2 rings (SSSR count). The number of carbonyl (C=O) groups is 2. The van der Waals surface area contributed by atoms with E-state index in [0.29, 0.717) is 19.4 Å². The number of carboxylic acids is 1. The Balaban J connectivity index is 1.75. The van der Waals surface area contributed by atoms with E-state index >= 15 is 0 Å². The summed E-state index contributed by atoms with van der Waals surface area (Å²) < 4.78 is 5.16. The molecule has 0 fully saturated rings. The van der Waals surface area contributed by atoms with Crippen LogP contribution in [-0.4, -0.2) is 17.0 Å². The van der Waals surface area contributed by atoms with Crippen molar-refractivity contribution < 1.29 is 19.1 Å². The molecule has 0 bridgehead atoms. The van der Waals surface area contributed by atoms with Crippen molar-refractivity contribution in [3.63, 3.8) is 0 Å². The van der Waals surface area contributed by atoms with Gasteiger partial charge in [-0.05, 0) is 35.2 Å². The van der Waals surface area contributed by atoms with E-state index in [-0.39, 0.29) is 5.91 Å². The quantitative estimate of drug-likeness (QED) is 0.771. The van der Waals surface area contributed by atoms with Gasteiger partial charge in [-0.3, -0.25) is 4.79 Å². The van der Waals surface area contributed by atoms with Crippen LogP contribution >= 0.6 is 11.3 Å². The van der Waals surface area contributed by atoms with Gasteiger partial charge < -0.3 is 14.8 Å². The van der Waals surface area contributed by atoms with Crippen molar-refractivity contribution >= 4 is 29.3 Å². The molecule has 0 atom stereocenters. The molecule has 0 unspecified atom stereocenters. The summed E-state index contributed by atoms with van der Waals surface area (Å²) in [6, 6.07) is 5.50.